The van der Waals surface area contributed by atoms with E-state index in [1.165, 1.54) is 19.1 Å². The molecule has 0 aliphatic rings. The van der Waals surface area contributed by atoms with Crippen LogP contribution in [-0.2, 0) is 9.59 Å². The Bertz CT molecular complexity index is 884. The molecule has 2 aromatic rings. The summed E-state index contributed by atoms with van der Waals surface area (Å²) in [5, 5.41) is 21.2. The average molecular weight is 336 g/mol. The van der Waals surface area contributed by atoms with Crippen LogP contribution in [0, 0.1) is 11.3 Å². The van der Waals surface area contributed by atoms with Crippen LogP contribution in [-0.4, -0.2) is 16.9 Å². The molecule has 0 heterocycles. The molecule has 2 amide bonds. The van der Waals surface area contributed by atoms with Crippen LogP contribution < -0.4 is 16.0 Å². The lowest BCUT2D eigenvalue weighted by Gasteiger charge is -2.17. The highest BCUT2D eigenvalue weighted by atomic mass is 16.3. The van der Waals surface area contributed by atoms with Crippen molar-refractivity contribution in [3.05, 3.63) is 60.3 Å². The first-order valence-electron chi connectivity index (χ1n) is 7.28. The van der Waals surface area contributed by atoms with Crippen molar-refractivity contribution >= 4 is 28.9 Å². The van der Waals surface area contributed by atoms with Gasteiger partial charge in [0, 0.05) is 30.6 Å². The van der Waals surface area contributed by atoms with Crippen molar-refractivity contribution < 1.29 is 14.7 Å². The van der Waals surface area contributed by atoms with Gasteiger partial charge in [0.25, 0.3) is 5.91 Å². The molecule has 0 saturated heterocycles. The molecule has 0 atom stereocenters. The molecule has 0 unspecified atom stereocenters. The van der Waals surface area contributed by atoms with Gasteiger partial charge in [-0.1, -0.05) is 12.1 Å². The Morgan fingerprint density at radius 3 is 2.56 bits per heavy atom. The van der Waals surface area contributed by atoms with E-state index in [9.17, 15) is 20.0 Å². The first kappa shape index (κ1) is 17.6. The van der Waals surface area contributed by atoms with Crippen LogP contribution in [0.5, 0.6) is 5.75 Å². The number of phenols is 1. The van der Waals surface area contributed by atoms with Gasteiger partial charge in [-0.25, -0.2) is 0 Å². The highest BCUT2D eigenvalue weighted by molar-refractivity contribution is 6.08. The van der Waals surface area contributed by atoms with Gasteiger partial charge in [-0.15, -0.1) is 0 Å². The predicted molar refractivity (Wildman–Crippen MR) is 94.4 cm³/mol. The molecule has 2 aromatic carbocycles. The van der Waals surface area contributed by atoms with Gasteiger partial charge in [0.15, 0.2) is 0 Å². The Balaban J connectivity index is 2.31. The summed E-state index contributed by atoms with van der Waals surface area (Å²) in [4.78, 5) is 25.3. The topological polar surface area (TPSA) is 119 Å². The second-order valence-electron chi connectivity index (χ2n) is 5.14. The van der Waals surface area contributed by atoms with Crippen LogP contribution in [0.1, 0.15) is 6.92 Å². The fourth-order valence-electron chi connectivity index (χ4n) is 2.07. The smallest absolute Gasteiger partial charge is 0.267 e. The van der Waals surface area contributed by atoms with Crippen molar-refractivity contribution in [2.75, 3.05) is 16.0 Å². The van der Waals surface area contributed by atoms with E-state index in [-0.39, 0.29) is 17.2 Å². The van der Waals surface area contributed by atoms with Crippen molar-refractivity contribution in [3.8, 4) is 11.8 Å². The number of amides is 2. The number of nitrogens with one attached hydrogen (secondary N) is 1. The summed E-state index contributed by atoms with van der Waals surface area (Å²) in [6, 6.07) is 14.2. The minimum Gasteiger partial charge on any atom is -0.508 e. The molecule has 126 valence electrons. The Kier molecular flexibility index (Phi) is 5.38. The SMILES string of the molecule is CC(=O)N(/C=C(/C#N)C(=O)Nc1cccc(O)c1)c1cccc(N)c1. The largest absolute Gasteiger partial charge is 0.508 e. The van der Waals surface area contributed by atoms with E-state index >= 15 is 0 Å². The lowest BCUT2D eigenvalue weighted by atomic mass is 10.2. The van der Waals surface area contributed by atoms with Crippen molar-refractivity contribution in [2.45, 2.75) is 6.92 Å². The van der Waals surface area contributed by atoms with Crippen molar-refractivity contribution in [1.82, 2.24) is 0 Å². The number of hydrogen-bond donors (Lipinski definition) is 3. The lowest BCUT2D eigenvalue weighted by molar-refractivity contribution is -0.116. The van der Waals surface area contributed by atoms with Gasteiger partial charge in [0.2, 0.25) is 5.91 Å². The van der Waals surface area contributed by atoms with Gasteiger partial charge in [-0.05, 0) is 30.3 Å². The van der Waals surface area contributed by atoms with E-state index in [0.717, 1.165) is 11.1 Å². The van der Waals surface area contributed by atoms with Crippen LogP contribution in [0.25, 0.3) is 0 Å². The quantitative estimate of drug-likeness (QED) is 0.450. The van der Waals surface area contributed by atoms with E-state index in [0.29, 0.717) is 17.1 Å². The summed E-state index contributed by atoms with van der Waals surface area (Å²) in [6.07, 6.45) is 1.15. The highest BCUT2D eigenvalue weighted by Gasteiger charge is 2.15. The molecule has 4 N–H and O–H groups in total. The number of nitriles is 1. The maximum absolute atomic E-state index is 12.3. The fraction of sp³-hybridized carbons (Fsp3) is 0.0556. The van der Waals surface area contributed by atoms with E-state index in [4.69, 9.17) is 5.73 Å². The van der Waals surface area contributed by atoms with Crippen LogP contribution in [0.15, 0.2) is 60.3 Å². The maximum atomic E-state index is 12.3. The number of nitrogen functional groups attached to an aromatic ring is 1. The third kappa shape index (κ3) is 4.59. The van der Waals surface area contributed by atoms with Crippen LogP contribution in [0.2, 0.25) is 0 Å². The van der Waals surface area contributed by atoms with Gasteiger partial charge in [-0.2, -0.15) is 5.26 Å². The normalized spacial score (nSPS) is 10.6. The van der Waals surface area contributed by atoms with Crippen molar-refractivity contribution in [3.63, 3.8) is 0 Å². The van der Waals surface area contributed by atoms with Crippen molar-refractivity contribution in [2.24, 2.45) is 0 Å². The van der Waals surface area contributed by atoms with Gasteiger partial charge < -0.3 is 16.2 Å². The van der Waals surface area contributed by atoms with Gasteiger partial charge in [-0.3, -0.25) is 14.5 Å². The molecule has 0 bridgehead atoms. The van der Waals surface area contributed by atoms with E-state index in [1.54, 1.807) is 42.5 Å². The summed E-state index contributed by atoms with van der Waals surface area (Å²) in [5.74, 6) is -1.11. The number of phenolic OH excluding ortho intramolecular Hbond substituents is 1. The standard InChI is InChI=1S/C18H16N4O3/c1-12(23)22(16-6-2-4-14(20)8-16)11-13(10-19)18(25)21-15-5-3-7-17(24)9-15/h2-9,11,24H,20H2,1H3,(H,21,25)/b13-11-. The second kappa shape index (κ2) is 7.66. The number of anilines is 3. The molecule has 0 aliphatic carbocycles. The summed E-state index contributed by atoms with van der Waals surface area (Å²) in [5.41, 5.74) is 6.64. The van der Waals surface area contributed by atoms with E-state index < -0.39 is 5.91 Å². The molecule has 0 saturated carbocycles. The second-order valence-corrected chi connectivity index (χ2v) is 5.14. The number of benzene rings is 2. The van der Waals surface area contributed by atoms with Crippen LogP contribution in [0.4, 0.5) is 17.1 Å². The first-order valence-corrected chi connectivity index (χ1v) is 7.28. The van der Waals surface area contributed by atoms with Crippen LogP contribution >= 0.6 is 0 Å². The van der Waals surface area contributed by atoms with Gasteiger partial charge in [0.05, 0.1) is 5.69 Å². The minimum atomic E-state index is -0.705. The van der Waals surface area contributed by atoms with Gasteiger partial charge in [0.1, 0.15) is 17.4 Å². The third-order valence-electron chi connectivity index (χ3n) is 3.21. The molecule has 0 aliphatic heterocycles. The summed E-state index contributed by atoms with van der Waals surface area (Å²) >= 11 is 0. The summed E-state index contributed by atoms with van der Waals surface area (Å²) in [6.45, 7) is 1.31. The summed E-state index contributed by atoms with van der Waals surface area (Å²) in [7, 11) is 0. The molecule has 0 radical (unpaired) electrons. The summed E-state index contributed by atoms with van der Waals surface area (Å²) < 4.78 is 0. The van der Waals surface area contributed by atoms with Crippen molar-refractivity contribution in [1.29, 1.82) is 5.26 Å². The minimum absolute atomic E-state index is 0.0228. The third-order valence-corrected chi connectivity index (χ3v) is 3.21. The fourth-order valence-corrected chi connectivity index (χ4v) is 2.07. The Hall–Kier alpha value is -3.79. The lowest BCUT2D eigenvalue weighted by Crippen LogP contribution is -2.25. The number of rotatable bonds is 4. The highest BCUT2D eigenvalue weighted by Crippen LogP contribution is 2.20. The first-order chi connectivity index (χ1) is 11.9. The molecule has 2 rings (SSSR count). The Morgan fingerprint density at radius 1 is 1.24 bits per heavy atom. The number of nitrogens with two attached hydrogens (primary N) is 1. The zero-order chi connectivity index (χ0) is 18.4. The Morgan fingerprint density at radius 2 is 1.96 bits per heavy atom. The number of hydrogen-bond acceptors (Lipinski definition) is 5. The zero-order valence-corrected chi connectivity index (χ0v) is 13.4. The molecule has 0 aromatic heterocycles. The molecular formula is C18H16N4O3. The number of nitrogens with zero attached hydrogens (tertiary/aromatic N) is 2. The van der Waals surface area contributed by atoms with E-state index in [1.807, 2.05) is 0 Å². The van der Waals surface area contributed by atoms with Gasteiger partial charge >= 0.3 is 0 Å². The van der Waals surface area contributed by atoms with Crippen LogP contribution in [0.3, 0.4) is 0 Å². The zero-order valence-electron chi connectivity index (χ0n) is 13.4. The monoisotopic (exact) mass is 336 g/mol. The number of carbonyl (C=O) groups excluding carboxylic acids is 2. The number of carbonyl (C=O) groups is 2. The molecular weight excluding hydrogens is 320 g/mol. The molecule has 0 fully saturated rings. The maximum Gasteiger partial charge on any atom is 0.267 e. The molecule has 7 heteroatoms. The number of aromatic hydroxyl groups is 1. The Labute approximate surface area is 144 Å². The molecule has 25 heavy (non-hydrogen) atoms. The average Bonchev–Trinajstić information content (AvgIpc) is 2.55. The van der Waals surface area contributed by atoms with E-state index in [2.05, 4.69) is 5.32 Å². The molecule has 0 spiro atoms. The molecule has 7 nitrogen and oxygen atoms in total. The predicted octanol–water partition coefficient (Wildman–Crippen LogP) is 2.37.